The van der Waals surface area contributed by atoms with Gasteiger partial charge in [0.05, 0.1) is 7.11 Å². The summed E-state index contributed by atoms with van der Waals surface area (Å²) >= 11 is 1.75. The fourth-order valence-electron chi connectivity index (χ4n) is 3.00. The number of hydrogen-bond acceptors (Lipinski definition) is 4. The number of thioether (sulfide) groups is 1. The van der Waals surface area contributed by atoms with E-state index >= 15 is 0 Å². The van der Waals surface area contributed by atoms with Crippen molar-refractivity contribution in [3.8, 4) is 22.8 Å². The van der Waals surface area contributed by atoms with Crippen LogP contribution in [-0.2, 0) is 0 Å². The van der Waals surface area contributed by atoms with Crippen LogP contribution in [0.15, 0.2) is 59.9 Å². The highest BCUT2D eigenvalue weighted by molar-refractivity contribution is 7.99. The van der Waals surface area contributed by atoms with Crippen LogP contribution in [-0.4, -0.2) is 32.1 Å². The highest BCUT2D eigenvalue weighted by atomic mass is 32.2. The number of benzene rings is 2. The van der Waals surface area contributed by atoms with Gasteiger partial charge in [-0.15, -0.1) is 10.2 Å². The first-order valence-corrected chi connectivity index (χ1v) is 9.92. The predicted octanol–water partition coefficient (Wildman–Crippen LogP) is 5.31. The molecule has 0 spiro atoms. The Labute approximate surface area is 162 Å². The molecule has 6 heteroatoms. The average Bonchev–Trinajstić information content (AvgIpc) is 3.31. The zero-order valence-electron chi connectivity index (χ0n) is 15.6. The van der Waals surface area contributed by atoms with Gasteiger partial charge in [-0.2, -0.15) is 0 Å². The number of aromatic nitrogens is 4. The molecule has 0 saturated carbocycles. The van der Waals surface area contributed by atoms with Crippen molar-refractivity contribution in [1.29, 1.82) is 0 Å². The van der Waals surface area contributed by atoms with Gasteiger partial charge >= 0.3 is 0 Å². The molecule has 0 radical (unpaired) electrons. The highest BCUT2D eigenvalue weighted by Crippen LogP contribution is 2.34. The number of nitrogens with one attached hydrogen (secondary N) is 1. The number of aromatic amines is 1. The van der Waals surface area contributed by atoms with Gasteiger partial charge < -0.3 is 9.72 Å². The van der Waals surface area contributed by atoms with Gasteiger partial charge in [-0.25, -0.2) is 0 Å². The Bertz CT molecular complexity index is 1050. The van der Waals surface area contributed by atoms with Crippen molar-refractivity contribution < 1.29 is 4.74 Å². The zero-order chi connectivity index (χ0) is 18.8. The lowest BCUT2D eigenvalue weighted by Crippen LogP contribution is -2.02. The Kier molecular flexibility index (Phi) is 4.90. The second kappa shape index (κ2) is 7.48. The summed E-state index contributed by atoms with van der Waals surface area (Å²) in [4.78, 5) is 3.34. The van der Waals surface area contributed by atoms with E-state index in [0.717, 1.165) is 45.3 Å². The van der Waals surface area contributed by atoms with Crippen molar-refractivity contribution in [2.24, 2.45) is 0 Å². The summed E-state index contributed by atoms with van der Waals surface area (Å²) in [5.41, 5.74) is 3.16. The molecule has 0 amide bonds. The Morgan fingerprint density at radius 2 is 1.89 bits per heavy atom. The number of hydrogen-bond donors (Lipinski definition) is 1. The molecule has 0 saturated heterocycles. The lowest BCUT2D eigenvalue weighted by molar-refractivity contribution is 0.414. The quantitative estimate of drug-likeness (QED) is 0.462. The molecule has 0 aliphatic carbocycles. The average molecular weight is 379 g/mol. The largest absolute Gasteiger partial charge is 0.497 e. The van der Waals surface area contributed by atoms with Crippen LogP contribution in [0.4, 0.5) is 0 Å². The van der Waals surface area contributed by atoms with Crippen molar-refractivity contribution in [2.45, 2.75) is 30.7 Å². The lowest BCUT2D eigenvalue weighted by atomic mass is 10.1. The maximum absolute atomic E-state index is 5.31. The monoisotopic (exact) mass is 378 g/mol. The fraction of sp³-hybridized carbons (Fsp3) is 0.238. The molecular formula is C21H22N4OS. The first-order chi connectivity index (χ1) is 13.2. The van der Waals surface area contributed by atoms with Gasteiger partial charge in [0.25, 0.3) is 0 Å². The summed E-state index contributed by atoms with van der Waals surface area (Å²) in [6.45, 7) is 4.40. The molecule has 2 aromatic carbocycles. The predicted molar refractivity (Wildman–Crippen MR) is 111 cm³/mol. The zero-order valence-corrected chi connectivity index (χ0v) is 16.5. The van der Waals surface area contributed by atoms with Crippen LogP contribution in [0.3, 0.4) is 0 Å². The van der Waals surface area contributed by atoms with Crippen LogP contribution in [0, 0.1) is 0 Å². The van der Waals surface area contributed by atoms with Crippen molar-refractivity contribution in [3.05, 3.63) is 54.7 Å². The summed E-state index contributed by atoms with van der Waals surface area (Å²) in [5.74, 6) is 1.67. The molecule has 0 aliphatic heterocycles. The third-order valence-electron chi connectivity index (χ3n) is 4.68. The second-order valence-electron chi connectivity index (χ2n) is 6.42. The maximum Gasteiger partial charge on any atom is 0.196 e. The van der Waals surface area contributed by atoms with E-state index in [4.69, 9.17) is 4.74 Å². The van der Waals surface area contributed by atoms with Crippen LogP contribution in [0.5, 0.6) is 5.75 Å². The highest BCUT2D eigenvalue weighted by Gasteiger charge is 2.20. The minimum atomic E-state index is 0.460. The van der Waals surface area contributed by atoms with Gasteiger partial charge in [-0.05, 0) is 36.8 Å². The van der Waals surface area contributed by atoms with Crippen molar-refractivity contribution >= 4 is 22.7 Å². The molecule has 1 atom stereocenters. The molecule has 2 heterocycles. The molecule has 4 rings (SSSR count). The van der Waals surface area contributed by atoms with E-state index in [2.05, 4.69) is 45.7 Å². The minimum Gasteiger partial charge on any atom is -0.497 e. The summed E-state index contributed by atoms with van der Waals surface area (Å²) in [7, 11) is 1.68. The topological polar surface area (TPSA) is 55.7 Å². The van der Waals surface area contributed by atoms with Crippen molar-refractivity contribution in [1.82, 2.24) is 19.7 Å². The lowest BCUT2D eigenvalue weighted by Gasteiger charge is -2.13. The van der Waals surface area contributed by atoms with Crippen LogP contribution in [0.1, 0.15) is 20.3 Å². The van der Waals surface area contributed by atoms with Gasteiger partial charge in [0.1, 0.15) is 5.75 Å². The van der Waals surface area contributed by atoms with E-state index in [1.54, 1.807) is 18.9 Å². The van der Waals surface area contributed by atoms with Crippen molar-refractivity contribution in [3.63, 3.8) is 0 Å². The molecule has 0 fully saturated rings. The Hall–Kier alpha value is -2.73. The molecule has 5 nitrogen and oxygen atoms in total. The van der Waals surface area contributed by atoms with Gasteiger partial charge in [0.2, 0.25) is 0 Å². The first kappa shape index (κ1) is 17.7. The number of nitrogens with zero attached hydrogens (tertiary/aromatic N) is 3. The van der Waals surface area contributed by atoms with Crippen LogP contribution in [0.25, 0.3) is 28.0 Å². The number of fused-ring (bicyclic) bond motifs is 1. The Balaban J connectivity index is 1.88. The van der Waals surface area contributed by atoms with E-state index in [-0.39, 0.29) is 0 Å². The van der Waals surface area contributed by atoms with Crippen LogP contribution >= 0.6 is 11.8 Å². The van der Waals surface area contributed by atoms with Gasteiger partial charge in [-0.1, -0.05) is 43.8 Å². The molecule has 0 aliphatic rings. The van der Waals surface area contributed by atoms with E-state index < -0.39 is 0 Å². The summed E-state index contributed by atoms with van der Waals surface area (Å²) in [6.07, 6.45) is 3.08. The summed E-state index contributed by atoms with van der Waals surface area (Å²) < 4.78 is 7.44. The normalized spacial score (nSPS) is 12.4. The fourth-order valence-corrected chi connectivity index (χ4v) is 3.92. The van der Waals surface area contributed by atoms with E-state index in [9.17, 15) is 0 Å². The number of rotatable bonds is 6. The summed E-state index contributed by atoms with van der Waals surface area (Å²) in [6, 6.07) is 16.3. The standard InChI is InChI=1S/C21H22N4OS/c1-4-14(2)27-21-24-23-20(18-13-22-19-8-6-5-7-17(18)19)25(21)15-9-11-16(26-3)12-10-15/h5-14,22H,4H2,1-3H3/t14-/m0/s1. The van der Waals surface area contributed by atoms with Gasteiger partial charge in [0, 0.05) is 33.6 Å². The molecule has 0 unspecified atom stereocenters. The van der Waals surface area contributed by atoms with Gasteiger partial charge in [-0.3, -0.25) is 4.57 Å². The van der Waals surface area contributed by atoms with Crippen molar-refractivity contribution in [2.75, 3.05) is 7.11 Å². The molecule has 138 valence electrons. The number of para-hydroxylation sites is 1. The SMILES string of the molecule is CC[C@H](C)Sc1nnc(-c2c[nH]c3ccccc23)n1-c1ccc(OC)cc1. The molecule has 27 heavy (non-hydrogen) atoms. The number of ether oxygens (including phenoxy) is 1. The van der Waals surface area contributed by atoms with Gasteiger partial charge in [0.15, 0.2) is 11.0 Å². The van der Waals surface area contributed by atoms with Crippen LogP contribution in [0.2, 0.25) is 0 Å². The maximum atomic E-state index is 5.31. The number of methoxy groups -OCH3 is 1. The van der Waals surface area contributed by atoms with E-state index in [0.29, 0.717) is 5.25 Å². The first-order valence-electron chi connectivity index (χ1n) is 9.04. The third kappa shape index (κ3) is 3.32. The number of H-pyrrole nitrogens is 1. The van der Waals surface area contributed by atoms with E-state index in [1.807, 2.05) is 42.6 Å². The molecule has 1 N–H and O–H groups in total. The Morgan fingerprint density at radius 1 is 1.11 bits per heavy atom. The third-order valence-corrected chi connectivity index (χ3v) is 5.89. The molecular weight excluding hydrogens is 356 g/mol. The molecule has 4 aromatic rings. The molecule has 2 aromatic heterocycles. The minimum absolute atomic E-state index is 0.460. The van der Waals surface area contributed by atoms with Crippen LogP contribution < -0.4 is 4.74 Å². The smallest absolute Gasteiger partial charge is 0.196 e. The molecule has 0 bridgehead atoms. The Morgan fingerprint density at radius 3 is 2.63 bits per heavy atom. The second-order valence-corrected chi connectivity index (χ2v) is 7.83. The summed E-state index contributed by atoms with van der Waals surface area (Å²) in [5, 5.41) is 11.6. The van der Waals surface area contributed by atoms with E-state index in [1.165, 1.54) is 0 Å².